The number of halogens is 1. The lowest BCUT2D eigenvalue weighted by atomic mass is 10.2. The Hall–Kier alpha value is -0.130. The Kier molecular flexibility index (Phi) is 6.14. The fourth-order valence-corrected chi connectivity index (χ4v) is 1.56. The zero-order valence-electron chi connectivity index (χ0n) is 8.17. The first-order valence-electron chi connectivity index (χ1n) is 4.89. The first kappa shape index (κ1) is 11.9. The molecule has 0 radical (unpaired) electrons. The zero-order chi connectivity index (χ0) is 10.2. The third-order valence-corrected chi connectivity index (χ3v) is 2.72. The molecular weight excluding hydrogens is 289 g/mol. The van der Waals surface area contributed by atoms with E-state index in [1.165, 1.54) is 9.13 Å². The molecule has 0 saturated carbocycles. The predicted molar refractivity (Wildman–Crippen MR) is 67.2 cm³/mol. The number of unbranched alkanes of at least 4 members (excludes halogenated alkanes) is 1. The molecular formula is C11H16INO. The van der Waals surface area contributed by atoms with Crippen LogP contribution in [-0.2, 0) is 6.54 Å². The summed E-state index contributed by atoms with van der Waals surface area (Å²) in [7, 11) is 0. The smallest absolute Gasteiger partial charge is 0.0431 e. The molecule has 0 amide bonds. The van der Waals surface area contributed by atoms with Crippen LogP contribution in [0.4, 0.5) is 0 Å². The van der Waals surface area contributed by atoms with E-state index in [1.54, 1.807) is 0 Å². The molecule has 0 fully saturated rings. The highest BCUT2D eigenvalue weighted by atomic mass is 127. The highest BCUT2D eigenvalue weighted by Crippen LogP contribution is 2.06. The quantitative estimate of drug-likeness (QED) is 0.623. The minimum atomic E-state index is 0.297. The monoisotopic (exact) mass is 305 g/mol. The molecule has 0 unspecified atom stereocenters. The van der Waals surface area contributed by atoms with Gasteiger partial charge in [-0.3, -0.25) is 0 Å². The van der Waals surface area contributed by atoms with E-state index >= 15 is 0 Å². The molecule has 0 atom stereocenters. The van der Waals surface area contributed by atoms with Gasteiger partial charge in [0.05, 0.1) is 0 Å². The average molecular weight is 305 g/mol. The number of rotatable bonds is 6. The summed E-state index contributed by atoms with van der Waals surface area (Å²) >= 11 is 2.30. The number of aliphatic hydroxyl groups is 1. The summed E-state index contributed by atoms with van der Waals surface area (Å²) in [6.45, 7) is 2.19. The van der Waals surface area contributed by atoms with E-state index in [1.807, 2.05) is 0 Å². The summed E-state index contributed by atoms with van der Waals surface area (Å²) in [5.74, 6) is 0. The van der Waals surface area contributed by atoms with E-state index in [0.29, 0.717) is 6.61 Å². The Morgan fingerprint density at radius 2 is 1.86 bits per heavy atom. The van der Waals surface area contributed by atoms with Crippen molar-refractivity contribution >= 4 is 22.6 Å². The molecule has 0 aromatic heterocycles. The minimum Gasteiger partial charge on any atom is -0.396 e. The molecule has 2 N–H and O–H groups in total. The number of benzene rings is 1. The maximum atomic E-state index is 8.58. The molecule has 0 spiro atoms. The Bertz CT molecular complexity index is 248. The molecule has 2 nitrogen and oxygen atoms in total. The first-order chi connectivity index (χ1) is 6.83. The second-order valence-electron chi connectivity index (χ2n) is 3.23. The van der Waals surface area contributed by atoms with Crippen LogP contribution in [0, 0.1) is 3.57 Å². The van der Waals surface area contributed by atoms with E-state index in [2.05, 4.69) is 52.2 Å². The normalized spacial score (nSPS) is 10.4. The van der Waals surface area contributed by atoms with E-state index < -0.39 is 0 Å². The summed E-state index contributed by atoms with van der Waals surface area (Å²) < 4.78 is 1.27. The molecule has 0 aliphatic heterocycles. The minimum absolute atomic E-state index is 0.297. The van der Waals surface area contributed by atoms with Crippen molar-refractivity contribution in [1.29, 1.82) is 0 Å². The molecule has 0 aliphatic carbocycles. The van der Waals surface area contributed by atoms with Gasteiger partial charge in [0.2, 0.25) is 0 Å². The van der Waals surface area contributed by atoms with Crippen molar-refractivity contribution in [3.05, 3.63) is 33.4 Å². The Morgan fingerprint density at radius 1 is 1.14 bits per heavy atom. The SMILES string of the molecule is OCCCCNCc1ccc(I)cc1. The lowest BCUT2D eigenvalue weighted by Crippen LogP contribution is -2.14. The van der Waals surface area contributed by atoms with Gasteiger partial charge in [-0.25, -0.2) is 0 Å². The predicted octanol–water partition coefficient (Wildman–Crippen LogP) is 2.15. The van der Waals surface area contributed by atoms with E-state index in [-0.39, 0.29) is 0 Å². The Morgan fingerprint density at radius 3 is 2.50 bits per heavy atom. The van der Waals surface area contributed by atoms with Crippen LogP contribution in [0.3, 0.4) is 0 Å². The van der Waals surface area contributed by atoms with E-state index in [9.17, 15) is 0 Å². The fraction of sp³-hybridized carbons (Fsp3) is 0.455. The molecule has 78 valence electrons. The van der Waals surface area contributed by atoms with Gasteiger partial charge in [-0.05, 0) is 59.7 Å². The van der Waals surface area contributed by atoms with Gasteiger partial charge in [-0.1, -0.05) is 12.1 Å². The van der Waals surface area contributed by atoms with Crippen molar-refractivity contribution < 1.29 is 5.11 Å². The number of hydrogen-bond donors (Lipinski definition) is 2. The number of hydrogen-bond acceptors (Lipinski definition) is 2. The maximum absolute atomic E-state index is 8.58. The molecule has 1 rings (SSSR count). The van der Waals surface area contributed by atoms with E-state index in [4.69, 9.17) is 5.11 Å². The molecule has 14 heavy (non-hydrogen) atoms. The van der Waals surface area contributed by atoms with Gasteiger partial charge < -0.3 is 10.4 Å². The molecule has 1 aromatic carbocycles. The molecule has 0 heterocycles. The number of nitrogens with one attached hydrogen (secondary N) is 1. The summed E-state index contributed by atoms with van der Waals surface area (Å²) in [5.41, 5.74) is 1.31. The van der Waals surface area contributed by atoms with Gasteiger partial charge in [0.1, 0.15) is 0 Å². The van der Waals surface area contributed by atoms with Gasteiger partial charge in [-0.15, -0.1) is 0 Å². The van der Waals surface area contributed by atoms with Crippen LogP contribution in [0.25, 0.3) is 0 Å². The van der Waals surface area contributed by atoms with Crippen LogP contribution in [0.5, 0.6) is 0 Å². The first-order valence-corrected chi connectivity index (χ1v) is 5.97. The van der Waals surface area contributed by atoms with Crippen LogP contribution in [0.15, 0.2) is 24.3 Å². The zero-order valence-corrected chi connectivity index (χ0v) is 10.3. The lowest BCUT2D eigenvalue weighted by Gasteiger charge is -2.04. The van der Waals surface area contributed by atoms with Crippen LogP contribution < -0.4 is 5.32 Å². The topological polar surface area (TPSA) is 32.3 Å². The summed E-state index contributed by atoms with van der Waals surface area (Å²) in [6.07, 6.45) is 1.93. The Balaban J connectivity index is 2.15. The van der Waals surface area contributed by atoms with Gasteiger partial charge in [0.25, 0.3) is 0 Å². The molecule has 0 bridgehead atoms. The maximum Gasteiger partial charge on any atom is 0.0431 e. The summed E-state index contributed by atoms with van der Waals surface area (Å²) in [6, 6.07) is 8.51. The average Bonchev–Trinajstić information content (AvgIpc) is 2.21. The van der Waals surface area contributed by atoms with Crippen molar-refractivity contribution in [3.63, 3.8) is 0 Å². The van der Waals surface area contributed by atoms with Gasteiger partial charge >= 0.3 is 0 Å². The molecule has 0 aliphatic rings. The van der Waals surface area contributed by atoms with Crippen molar-refractivity contribution in [1.82, 2.24) is 5.32 Å². The largest absolute Gasteiger partial charge is 0.396 e. The highest BCUT2D eigenvalue weighted by Gasteiger charge is 1.92. The lowest BCUT2D eigenvalue weighted by molar-refractivity contribution is 0.283. The molecule has 3 heteroatoms. The standard InChI is InChI=1S/C11H16INO/c12-11-5-3-10(4-6-11)9-13-7-1-2-8-14/h3-6,13-14H,1-2,7-9H2. The third kappa shape index (κ3) is 4.93. The molecule has 1 aromatic rings. The summed E-state index contributed by atoms with van der Waals surface area (Å²) in [5, 5.41) is 11.9. The second kappa shape index (κ2) is 7.20. The van der Waals surface area contributed by atoms with E-state index in [0.717, 1.165) is 25.9 Å². The third-order valence-electron chi connectivity index (χ3n) is 2.00. The molecule has 0 saturated heterocycles. The van der Waals surface area contributed by atoms with Gasteiger partial charge in [0.15, 0.2) is 0 Å². The van der Waals surface area contributed by atoms with Crippen LogP contribution in [0.1, 0.15) is 18.4 Å². The second-order valence-corrected chi connectivity index (χ2v) is 4.48. The van der Waals surface area contributed by atoms with Crippen molar-refractivity contribution in [2.75, 3.05) is 13.2 Å². The number of aliphatic hydroxyl groups excluding tert-OH is 1. The van der Waals surface area contributed by atoms with Crippen LogP contribution in [0.2, 0.25) is 0 Å². The van der Waals surface area contributed by atoms with Gasteiger partial charge in [-0.2, -0.15) is 0 Å². The van der Waals surface area contributed by atoms with Crippen LogP contribution >= 0.6 is 22.6 Å². The van der Waals surface area contributed by atoms with Crippen LogP contribution in [-0.4, -0.2) is 18.3 Å². The van der Waals surface area contributed by atoms with Crippen molar-refractivity contribution in [3.8, 4) is 0 Å². The summed E-state index contributed by atoms with van der Waals surface area (Å²) in [4.78, 5) is 0. The Labute approximate surface area is 98.9 Å². The fourth-order valence-electron chi connectivity index (χ4n) is 1.20. The van der Waals surface area contributed by atoms with Crippen molar-refractivity contribution in [2.45, 2.75) is 19.4 Å². The highest BCUT2D eigenvalue weighted by molar-refractivity contribution is 14.1. The van der Waals surface area contributed by atoms with Crippen molar-refractivity contribution in [2.24, 2.45) is 0 Å². The van der Waals surface area contributed by atoms with Gasteiger partial charge in [0, 0.05) is 16.7 Å².